The van der Waals surface area contributed by atoms with Crippen LogP contribution in [0.1, 0.15) is 12.0 Å². The topological polar surface area (TPSA) is 83.5 Å². The molecule has 0 saturated carbocycles. The van der Waals surface area contributed by atoms with Crippen molar-refractivity contribution < 1.29 is 15.0 Å². The van der Waals surface area contributed by atoms with Crippen molar-refractivity contribution in [2.75, 3.05) is 0 Å². The van der Waals surface area contributed by atoms with Crippen LogP contribution in [0, 0.1) is 0 Å². The van der Waals surface area contributed by atoms with Crippen LogP contribution in [0.25, 0.3) is 0 Å². The van der Waals surface area contributed by atoms with E-state index in [0.29, 0.717) is 12.8 Å². The quantitative estimate of drug-likeness (QED) is 0.717. The molecule has 0 bridgehead atoms. The first-order valence-corrected chi connectivity index (χ1v) is 4.81. The molecule has 90 valence electrons. The number of rotatable bonds is 5. The molecule has 0 spiro atoms. The number of aliphatic hydroxyl groups excluding tert-OH is 1. The highest BCUT2D eigenvalue weighted by molar-refractivity contribution is 5.85. The Labute approximate surface area is 100 Å². The van der Waals surface area contributed by atoms with Gasteiger partial charge in [0.25, 0.3) is 0 Å². The number of benzene rings is 1. The van der Waals surface area contributed by atoms with Gasteiger partial charge in [-0.25, -0.2) is 4.79 Å². The number of carboxylic acid groups (broad SMARTS) is 1. The van der Waals surface area contributed by atoms with Crippen LogP contribution in [-0.4, -0.2) is 28.3 Å². The summed E-state index contributed by atoms with van der Waals surface area (Å²) in [6, 6.07) is 8.90. The maximum atomic E-state index is 10.4. The zero-order valence-corrected chi connectivity index (χ0v) is 9.56. The van der Waals surface area contributed by atoms with Gasteiger partial charge in [0.05, 0.1) is 0 Å². The minimum atomic E-state index is -1.48. The molecular formula is C11H16ClNO3. The predicted molar refractivity (Wildman–Crippen MR) is 63.6 cm³/mol. The minimum Gasteiger partial charge on any atom is -0.479 e. The van der Waals surface area contributed by atoms with Crippen molar-refractivity contribution in [1.29, 1.82) is 0 Å². The van der Waals surface area contributed by atoms with Crippen molar-refractivity contribution in [2.45, 2.75) is 25.0 Å². The molecular weight excluding hydrogens is 230 g/mol. The van der Waals surface area contributed by atoms with E-state index in [1.165, 1.54) is 0 Å². The lowest BCUT2D eigenvalue weighted by atomic mass is 10.0. The zero-order chi connectivity index (χ0) is 11.3. The second-order valence-corrected chi connectivity index (χ2v) is 3.47. The highest BCUT2D eigenvalue weighted by atomic mass is 35.5. The van der Waals surface area contributed by atoms with Crippen LogP contribution in [0.3, 0.4) is 0 Å². The number of aryl methyl sites for hydroxylation is 1. The maximum Gasteiger partial charge on any atom is 0.334 e. The Morgan fingerprint density at radius 2 is 1.88 bits per heavy atom. The van der Waals surface area contributed by atoms with Gasteiger partial charge in [-0.1, -0.05) is 30.3 Å². The first-order valence-electron chi connectivity index (χ1n) is 4.81. The number of halogens is 1. The first kappa shape index (κ1) is 14.9. The lowest BCUT2D eigenvalue weighted by Crippen LogP contribution is -2.40. The first-order chi connectivity index (χ1) is 7.11. The van der Waals surface area contributed by atoms with Crippen LogP contribution in [0.2, 0.25) is 0 Å². The Balaban J connectivity index is 0.00000225. The lowest BCUT2D eigenvalue weighted by Gasteiger charge is -2.14. The summed E-state index contributed by atoms with van der Waals surface area (Å²) in [6.45, 7) is 0. The number of aliphatic carboxylic acids is 1. The smallest absolute Gasteiger partial charge is 0.334 e. The summed E-state index contributed by atoms with van der Waals surface area (Å²) in [4.78, 5) is 10.4. The van der Waals surface area contributed by atoms with Crippen LogP contribution in [-0.2, 0) is 11.2 Å². The molecule has 0 saturated heterocycles. The van der Waals surface area contributed by atoms with E-state index in [9.17, 15) is 4.79 Å². The van der Waals surface area contributed by atoms with Crippen molar-refractivity contribution in [1.82, 2.24) is 0 Å². The van der Waals surface area contributed by atoms with Gasteiger partial charge in [-0.3, -0.25) is 0 Å². The highest BCUT2D eigenvalue weighted by Crippen LogP contribution is 2.06. The number of aliphatic hydroxyl groups is 1. The normalized spacial score (nSPS) is 13.6. The Morgan fingerprint density at radius 1 is 1.31 bits per heavy atom. The molecule has 0 fully saturated rings. The van der Waals surface area contributed by atoms with E-state index in [-0.39, 0.29) is 12.4 Å². The van der Waals surface area contributed by atoms with Crippen molar-refractivity contribution in [3.63, 3.8) is 0 Å². The van der Waals surface area contributed by atoms with E-state index in [4.69, 9.17) is 15.9 Å². The fourth-order valence-corrected chi connectivity index (χ4v) is 1.32. The standard InChI is InChI=1S/C11H15NO3.ClH/c12-9(10(13)11(14)15)7-6-8-4-2-1-3-5-8;/h1-5,9-10,13H,6-7,12H2,(H,14,15);1H/t9-,10+;/m0./s1. The Kier molecular flexibility index (Phi) is 6.72. The third-order valence-corrected chi connectivity index (χ3v) is 2.27. The average Bonchev–Trinajstić information content (AvgIpc) is 2.26. The molecule has 4 nitrogen and oxygen atoms in total. The van der Waals surface area contributed by atoms with Crippen LogP contribution in [0.15, 0.2) is 30.3 Å². The van der Waals surface area contributed by atoms with Gasteiger partial charge in [-0.05, 0) is 18.4 Å². The molecule has 0 amide bonds. The Hall–Kier alpha value is -1.10. The van der Waals surface area contributed by atoms with Crippen LogP contribution in [0.5, 0.6) is 0 Å². The highest BCUT2D eigenvalue weighted by Gasteiger charge is 2.21. The Morgan fingerprint density at radius 3 is 2.38 bits per heavy atom. The van der Waals surface area contributed by atoms with E-state index in [1.807, 2.05) is 30.3 Å². The monoisotopic (exact) mass is 245 g/mol. The summed E-state index contributed by atoms with van der Waals surface area (Å²) < 4.78 is 0. The molecule has 1 rings (SSSR count). The van der Waals surface area contributed by atoms with Gasteiger partial charge in [0.2, 0.25) is 0 Å². The van der Waals surface area contributed by atoms with Crippen LogP contribution < -0.4 is 5.73 Å². The maximum absolute atomic E-state index is 10.4. The van der Waals surface area contributed by atoms with Gasteiger partial charge in [-0.2, -0.15) is 0 Å². The van der Waals surface area contributed by atoms with Crippen LogP contribution >= 0.6 is 12.4 Å². The number of hydrogen-bond acceptors (Lipinski definition) is 3. The molecule has 16 heavy (non-hydrogen) atoms. The molecule has 0 aromatic heterocycles. The molecule has 1 aromatic carbocycles. The predicted octanol–water partition coefficient (Wildman–Crippen LogP) is 0.814. The fraction of sp³-hybridized carbons (Fsp3) is 0.364. The molecule has 0 aliphatic heterocycles. The second-order valence-electron chi connectivity index (χ2n) is 3.47. The molecule has 4 N–H and O–H groups in total. The molecule has 1 aromatic rings. The largest absolute Gasteiger partial charge is 0.479 e. The summed E-state index contributed by atoms with van der Waals surface area (Å²) in [5.74, 6) is -1.27. The summed E-state index contributed by atoms with van der Waals surface area (Å²) in [6.07, 6.45) is -0.349. The summed E-state index contributed by atoms with van der Waals surface area (Å²) in [5, 5.41) is 17.7. The third-order valence-electron chi connectivity index (χ3n) is 2.27. The van der Waals surface area contributed by atoms with Gasteiger partial charge in [0.15, 0.2) is 6.10 Å². The lowest BCUT2D eigenvalue weighted by molar-refractivity contribution is -0.147. The second kappa shape index (κ2) is 7.22. The van der Waals surface area contributed by atoms with Gasteiger partial charge in [0, 0.05) is 6.04 Å². The molecule has 2 atom stereocenters. The Bertz CT molecular complexity index is 318. The summed E-state index contributed by atoms with van der Waals surface area (Å²) in [7, 11) is 0. The van der Waals surface area contributed by atoms with Gasteiger partial charge < -0.3 is 15.9 Å². The van der Waals surface area contributed by atoms with E-state index < -0.39 is 18.1 Å². The van der Waals surface area contributed by atoms with Crippen molar-refractivity contribution >= 4 is 18.4 Å². The van der Waals surface area contributed by atoms with E-state index in [0.717, 1.165) is 5.56 Å². The molecule has 5 heteroatoms. The number of carboxylic acids is 1. The molecule has 0 aliphatic rings. The van der Waals surface area contributed by atoms with Crippen molar-refractivity contribution in [2.24, 2.45) is 5.73 Å². The molecule has 0 heterocycles. The van der Waals surface area contributed by atoms with E-state index >= 15 is 0 Å². The molecule has 0 unspecified atom stereocenters. The third kappa shape index (κ3) is 4.61. The van der Waals surface area contributed by atoms with Crippen LogP contribution in [0.4, 0.5) is 0 Å². The number of carbonyl (C=O) groups is 1. The van der Waals surface area contributed by atoms with Gasteiger partial charge in [-0.15, -0.1) is 12.4 Å². The van der Waals surface area contributed by atoms with Gasteiger partial charge in [0.1, 0.15) is 0 Å². The SMILES string of the molecule is Cl.N[C@@H](CCc1ccccc1)[C@@H](O)C(=O)O. The molecule has 0 radical (unpaired) electrons. The van der Waals surface area contributed by atoms with E-state index in [2.05, 4.69) is 0 Å². The van der Waals surface area contributed by atoms with Gasteiger partial charge >= 0.3 is 5.97 Å². The zero-order valence-electron chi connectivity index (χ0n) is 8.74. The summed E-state index contributed by atoms with van der Waals surface area (Å²) in [5.41, 5.74) is 6.62. The van der Waals surface area contributed by atoms with Crippen molar-refractivity contribution in [3.8, 4) is 0 Å². The average molecular weight is 246 g/mol. The minimum absolute atomic E-state index is 0. The van der Waals surface area contributed by atoms with E-state index in [1.54, 1.807) is 0 Å². The fourth-order valence-electron chi connectivity index (χ4n) is 1.32. The summed E-state index contributed by atoms with van der Waals surface area (Å²) >= 11 is 0. The molecule has 0 aliphatic carbocycles. The number of nitrogens with two attached hydrogens (primary N) is 1. The number of hydrogen-bond donors (Lipinski definition) is 3. The van der Waals surface area contributed by atoms with Crippen molar-refractivity contribution in [3.05, 3.63) is 35.9 Å².